The average molecular weight is 274 g/mol. The Morgan fingerprint density at radius 2 is 2.00 bits per heavy atom. The van der Waals surface area contributed by atoms with Crippen LogP contribution in [-0.2, 0) is 0 Å². The molecule has 3 nitrogen and oxygen atoms in total. The van der Waals surface area contributed by atoms with E-state index in [1.807, 2.05) is 36.5 Å². The zero-order valence-corrected chi connectivity index (χ0v) is 9.90. The van der Waals surface area contributed by atoms with E-state index in [9.17, 15) is 0 Å². The summed E-state index contributed by atoms with van der Waals surface area (Å²) >= 11 is 3.53. The Balaban J connectivity index is 2.31. The minimum atomic E-state index is 0.926. The Hall–Kier alpha value is -1.68. The number of benzene rings is 1. The maximum atomic E-state index is 4.33. The van der Waals surface area contributed by atoms with Crippen LogP contribution in [0.5, 0.6) is 0 Å². The van der Waals surface area contributed by atoms with Crippen LogP contribution in [0.15, 0.2) is 47.2 Å². The number of aromatic nitrogens is 3. The fourth-order valence-corrected chi connectivity index (χ4v) is 2.19. The van der Waals surface area contributed by atoms with Gasteiger partial charge in [-0.25, -0.2) is 0 Å². The fraction of sp³-hybridized carbons (Fsp3) is 0. The number of pyridine rings is 1. The van der Waals surface area contributed by atoms with Gasteiger partial charge in [0.1, 0.15) is 5.69 Å². The molecule has 0 amide bonds. The molecule has 78 valence electrons. The van der Waals surface area contributed by atoms with Gasteiger partial charge in [-0.1, -0.05) is 34.1 Å². The molecular weight excluding hydrogens is 266 g/mol. The largest absolute Gasteiger partial charge is 0.277 e. The van der Waals surface area contributed by atoms with E-state index in [0.29, 0.717) is 0 Å². The van der Waals surface area contributed by atoms with E-state index in [1.165, 1.54) is 0 Å². The van der Waals surface area contributed by atoms with Gasteiger partial charge in [-0.2, -0.15) is 5.10 Å². The third-order valence-electron chi connectivity index (χ3n) is 2.49. The molecule has 3 rings (SSSR count). The smallest absolute Gasteiger partial charge is 0.103 e. The molecule has 2 heterocycles. The van der Waals surface area contributed by atoms with E-state index in [-0.39, 0.29) is 0 Å². The third kappa shape index (κ3) is 1.42. The molecule has 0 bridgehead atoms. The second-order valence-electron chi connectivity index (χ2n) is 3.47. The highest BCUT2D eigenvalue weighted by atomic mass is 79.9. The molecule has 0 aliphatic rings. The van der Waals surface area contributed by atoms with Gasteiger partial charge in [0.2, 0.25) is 0 Å². The number of hydrogen-bond donors (Lipinski definition) is 1. The van der Waals surface area contributed by atoms with Crippen molar-refractivity contribution in [1.29, 1.82) is 0 Å². The van der Waals surface area contributed by atoms with Crippen molar-refractivity contribution in [2.24, 2.45) is 0 Å². The zero-order valence-electron chi connectivity index (χ0n) is 8.31. The van der Waals surface area contributed by atoms with Crippen molar-refractivity contribution in [3.63, 3.8) is 0 Å². The van der Waals surface area contributed by atoms with Crippen LogP contribution in [0.4, 0.5) is 0 Å². The van der Waals surface area contributed by atoms with Crippen molar-refractivity contribution in [2.75, 3.05) is 0 Å². The summed E-state index contributed by atoms with van der Waals surface area (Å²) in [6.07, 6.45) is 3.58. The first-order valence-electron chi connectivity index (χ1n) is 4.89. The first-order chi connectivity index (χ1) is 7.86. The highest BCUT2D eigenvalue weighted by Gasteiger charge is 2.09. The van der Waals surface area contributed by atoms with Crippen LogP contribution < -0.4 is 0 Å². The highest BCUT2D eigenvalue weighted by molar-refractivity contribution is 9.10. The molecule has 0 spiro atoms. The van der Waals surface area contributed by atoms with Crippen LogP contribution in [0.3, 0.4) is 0 Å². The lowest BCUT2D eigenvalue weighted by molar-refractivity contribution is 1.12. The van der Waals surface area contributed by atoms with Crippen LogP contribution in [0.1, 0.15) is 0 Å². The standard InChI is InChI=1S/C12H8BrN3/c13-10-4-2-1-3-8(10)12-9-7-14-6-5-11(9)15-16-12/h1-7H,(H,15,16). The molecule has 0 saturated heterocycles. The Kier molecular flexibility index (Phi) is 2.22. The number of fused-ring (bicyclic) bond motifs is 1. The van der Waals surface area contributed by atoms with Crippen LogP contribution >= 0.6 is 15.9 Å². The summed E-state index contributed by atoms with van der Waals surface area (Å²) in [6.45, 7) is 0. The maximum absolute atomic E-state index is 4.33. The molecule has 0 aliphatic heterocycles. The van der Waals surface area contributed by atoms with Gasteiger partial charge in [0.05, 0.1) is 5.52 Å². The first-order valence-corrected chi connectivity index (χ1v) is 5.68. The lowest BCUT2D eigenvalue weighted by Gasteiger charge is -2.00. The number of aromatic amines is 1. The molecular formula is C12H8BrN3. The summed E-state index contributed by atoms with van der Waals surface area (Å²) in [6, 6.07) is 9.94. The Morgan fingerprint density at radius 3 is 2.88 bits per heavy atom. The van der Waals surface area contributed by atoms with Crippen LogP contribution in [0.2, 0.25) is 0 Å². The lowest BCUT2D eigenvalue weighted by atomic mass is 10.1. The Bertz CT molecular complexity index is 645. The van der Waals surface area contributed by atoms with Gasteiger partial charge in [-0.05, 0) is 12.1 Å². The molecule has 1 aromatic carbocycles. The van der Waals surface area contributed by atoms with Gasteiger partial charge in [0.15, 0.2) is 0 Å². The first kappa shape index (κ1) is 9.54. The number of halogens is 1. The number of nitrogens with zero attached hydrogens (tertiary/aromatic N) is 2. The molecule has 0 radical (unpaired) electrons. The van der Waals surface area contributed by atoms with Gasteiger partial charge in [0, 0.05) is 27.8 Å². The van der Waals surface area contributed by atoms with E-state index >= 15 is 0 Å². The monoisotopic (exact) mass is 273 g/mol. The summed E-state index contributed by atoms with van der Waals surface area (Å²) in [5, 5.41) is 8.37. The van der Waals surface area contributed by atoms with Crippen molar-refractivity contribution < 1.29 is 0 Å². The van der Waals surface area contributed by atoms with Crippen molar-refractivity contribution in [3.05, 3.63) is 47.2 Å². The van der Waals surface area contributed by atoms with E-state index in [4.69, 9.17) is 0 Å². The normalized spacial score (nSPS) is 10.8. The molecule has 0 unspecified atom stereocenters. The Morgan fingerprint density at radius 1 is 1.12 bits per heavy atom. The van der Waals surface area contributed by atoms with Gasteiger partial charge in [-0.15, -0.1) is 0 Å². The van der Waals surface area contributed by atoms with Gasteiger partial charge < -0.3 is 0 Å². The quantitative estimate of drug-likeness (QED) is 0.739. The predicted molar refractivity (Wildman–Crippen MR) is 67.0 cm³/mol. The molecule has 0 saturated carbocycles. The number of nitrogens with one attached hydrogen (secondary N) is 1. The Labute approximate surface area is 101 Å². The van der Waals surface area contributed by atoms with E-state index < -0.39 is 0 Å². The number of rotatable bonds is 1. The lowest BCUT2D eigenvalue weighted by Crippen LogP contribution is -1.80. The van der Waals surface area contributed by atoms with Crippen LogP contribution in [0.25, 0.3) is 22.2 Å². The van der Waals surface area contributed by atoms with Crippen molar-refractivity contribution in [3.8, 4) is 11.3 Å². The highest BCUT2D eigenvalue weighted by Crippen LogP contribution is 2.30. The van der Waals surface area contributed by atoms with Crippen molar-refractivity contribution in [1.82, 2.24) is 15.2 Å². The minimum Gasteiger partial charge on any atom is -0.277 e. The average Bonchev–Trinajstić information content (AvgIpc) is 2.74. The number of H-pyrrole nitrogens is 1. The summed E-state index contributed by atoms with van der Waals surface area (Å²) < 4.78 is 1.03. The molecule has 3 aromatic rings. The summed E-state index contributed by atoms with van der Waals surface area (Å²) in [7, 11) is 0. The predicted octanol–water partition coefficient (Wildman–Crippen LogP) is 3.39. The summed E-state index contributed by atoms with van der Waals surface area (Å²) in [4.78, 5) is 4.13. The fourth-order valence-electron chi connectivity index (χ4n) is 1.72. The molecule has 0 aliphatic carbocycles. The minimum absolute atomic E-state index is 0.926. The SMILES string of the molecule is Brc1ccccc1-c1n[nH]c2ccncc12. The van der Waals surface area contributed by atoms with Gasteiger partial charge in [-0.3, -0.25) is 10.1 Å². The topological polar surface area (TPSA) is 41.6 Å². The summed E-state index contributed by atoms with van der Waals surface area (Å²) in [5.41, 5.74) is 3.00. The van der Waals surface area contributed by atoms with Crippen molar-refractivity contribution in [2.45, 2.75) is 0 Å². The van der Waals surface area contributed by atoms with Gasteiger partial charge in [0.25, 0.3) is 0 Å². The second kappa shape index (κ2) is 3.72. The number of hydrogen-bond acceptors (Lipinski definition) is 2. The van der Waals surface area contributed by atoms with E-state index in [2.05, 4.69) is 31.1 Å². The third-order valence-corrected chi connectivity index (χ3v) is 3.18. The molecule has 1 N–H and O–H groups in total. The molecule has 0 fully saturated rings. The molecule has 0 atom stereocenters. The van der Waals surface area contributed by atoms with Crippen LogP contribution in [-0.4, -0.2) is 15.2 Å². The van der Waals surface area contributed by atoms with Crippen LogP contribution in [0, 0.1) is 0 Å². The van der Waals surface area contributed by atoms with Gasteiger partial charge >= 0.3 is 0 Å². The molecule has 4 heteroatoms. The molecule has 2 aromatic heterocycles. The zero-order chi connectivity index (χ0) is 11.0. The summed E-state index contributed by atoms with van der Waals surface area (Å²) in [5.74, 6) is 0. The second-order valence-corrected chi connectivity index (χ2v) is 4.33. The molecule has 16 heavy (non-hydrogen) atoms. The maximum Gasteiger partial charge on any atom is 0.103 e. The van der Waals surface area contributed by atoms with E-state index in [1.54, 1.807) is 6.20 Å². The van der Waals surface area contributed by atoms with E-state index in [0.717, 1.165) is 26.6 Å². The van der Waals surface area contributed by atoms with Crippen molar-refractivity contribution >= 4 is 26.8 Å².